The van der Waals surface area contributed by atoms with Crippen molar-refractivity contribution < 1.29 is 9.21 Å². The number of amides is 1. The van der Waals surface area contributed by atoms with Crippen molar-refractivity contribution in [3.8, 4) is 0 Å². The third-order valence-electron chi connectivity index (χ3n) is 5.30. The zero-order valence-electron chi connectivity index (χ0n) is 17.8. The zero-order chi connectivity index (χ0) is 22.7. The van der Waals surface area contributed by atoms with Crippen LogP contribution in [0, 0.1) is 13.8 Å². The summed E-state index contributed by atoms with van der Waals surface area (Å²) in [5, 5.41) is 11.5. The van der Waals surface area contributed by atoms with Crippen LogP contribution >= 0.6 is 23.8 Å². The first kappa shape index (κ1) is 22.0. The molecule has 0 bridgehead atoms. The van der Waals surface area contributed by atoms with Gasteiger partial charge in [-0.3, -0.25) is 10.2 Å². The minimum atomic E-state index is -0.309. The number of halogens is 1. The quantitative estimate of drug-likeness (QED) is 0.333. The van der Waals surface area contributed by atoms with Gasteiger partial charge >= 0.3 is 0 Å². The lowest BCUT2D eigenvalue weighted by atomic mass is 9.93. The fraction of sp³-hybridized carbons (Fsp3) is 0.208. The van der Waals surface area contributed by atoms with Crippen LogP contribution in [0.15, 0.2) is 58.0 Å². The Balaban J connectivity index is 1.53. The van der Waals surface area contributed by atoms with Crippen LogP contribution in [-0.2, 0) is 6.42 Å². The van der Waals surface area contributed by atoms with Gasteiger partial charge in [0, 0.05) is 33.9 Å². The number of benzene rings is 2. The maximum absolute atomic E-state index is 13.0. The number of nitrogens with one attached hydrogen (secondary N) is 3. The first-order chi connectivity index (χ1) is 15.4. The number of hydrazone groups is 1. The van der Waals surface area contributed by atoms with Crippen LogP contribution in [0.1, 0.15) is 45.8 Å². The molecule has 164 valence electrons. The number of hydrogen-bond donors (Lipinski definition) is 3. The maximum atomic E-state index is 13.0. The van der Waals surface area contributed by atoms with Crippen LogP contribution in [0.4, 0.5) is 11.4 Å². The van der Waals surface area contributed by atoms with Crippen molar-refractivity contribution >= 4 is 51.9 Å². The molecule has 3 N–H and O–H groups in total. The summed E-state index contributed by atoms with van der Waals surface area (Å²) in [4.78, 5) is 13.0. The van der Waals surface area contributed by atoms with Crippen LogP contribution in [0.5, 0.6) is 0 Å². The molecule has 0 unspecified atom stereocenters. The summed E-state index contributed by atoms with van der Waals surface area (Å²) in [5.74, 6) is 0.744. The summed E-state index contributed by atoms with van der Waals surface area (Å²) in [6, 6.07) is 15.0. The first-order valence-corrected chi connectivity index (χ1v) is 11.1. The number of carbonyl (C=O) groups excluding carboxylic acids is 1. The van der Waals surface area contributed by atoms with Crippen molar-refractivity contribution in [3.63, 3.8) is 0 Å². The van der Waals surface area contributed by atoms with Crippen LogP contribution in [0.2, 0.25) is 5.02 Å². The Morgan fingerprint density at radius 3 is 2.66 bits per heavy atom. The van der Waals surface area contributed by atoms with Gasteiger partial charge in [0.2, 0.25) is 0 Å². The molecule has 1 aliphatic carbocycles. The summed E-state index contributed by atoms with van der Waals surface area (Å²) in [5.41, 5.74) is 7.83. The van der Waals surface area contributed by atoms with Gasteiger partial charge in [0.25, 0.3) is 5.91 Å². The van der Waals surface area contributed by atoms with Crippen LogP contribution in [0.25, 0.3) is 0 Å². The average molecular weight is 467 g/mol. The molecule has 0 radical (unpaired) electrons. The number of aryl methyl sites for hydroxylation is 2. The largest absolute Gasteiger partial charge is 0.455 e. The maximum Gasteiger partial charge on any atom is 0.291 e. The summed E-state index contributed by atoms with van der Waals surface area (Å²) >= 11 is 11.4. The summed E-state index contributed by atoms with van der Waals surface area (Å²) < 4.78 is 5.97. The lowest BCUT2D eigenvalue weighted by Crippen LogP contribution is -2.26. The molecule has 8 heteroatoms. The van der Waals surface area contributed by atoms with Gasteiger partial charge in [0.05, 0.1) is 5.71 Å². The molecule has 2 aromatic carbocycles. The minimum Gasteiger partial charge on any atom is -0.455 e. The van der Waals surface area contributed by atoms with E-state index in [9.17, 15) is 4.79 Å². The van der Waals surface area contributed by atoms with E-state index in [0.29, 0.717) is 15.8 Å². The molecule has 4 rings (SSSR count). The molecular weight excluding hydrogens is 444 g/mol. The molecular formula is C24H23ClN4O2S. The monoisotopic (exact) mass is 466 g/mol. The Hall–Kier alpha value is -3.16. The lowest BCUT2D eigenvalue weighted by molar-refractivity contribution is 0.0994. The second-order valence-electron chi connectivity index (χ2n) is 7.61. The van der Waals surface area contributed by atoms with Crippen molar-refractivity contribution in [1.29, 1.82) is 0 Å². The molecule has 0 fully saturated rings. The third-order valence-corrected chi connectivity index (χ3v) is 5.73. The highest BCUT2D eigenvalue weighted by Crippen LogP contribution is 2.31. The summed E-state index contributed by atoms with van der Waals surface area (Å²) in [6.07, 6.45) is 2.40. The van der Waals surface area contributed by atoms with Crippen molar-refractivity contribution in [2.45, 2.75) is 33.1 Å². The summed E-state index contributed by atoms with van der Waals surface area (Å²) in [7, 11) is 0. The van der Waals surface area contributed by atoms with E-state index in [1.54, 1.807) is 12.1 Å². The van der Waals surface area contributed by atoms with Crippen molar-refractivity contribution in [2.24, 2.45) is 5.10 Å². The number of furan rings is 1. The SMILES string of the molecule is Cc1ccc(Cl)cc1NC(=O)c1oc2c(c1C)/C(=N/NC(=S)Nc1ccccc1)CCC2. The second kappa shape index (κ2) is 9.54. The number of rotatable bonds is 4. The van der Waals surface area contributed by atoms with Crippen molar-refractivity contribution in [3.05, 3.63) is 81.8 Å². The molecule has 0 aliphatic heterocycles. The molecule has 32 heavy (non-hydrogen) atoms. The van der Waals surface area contributed by atoms with Gasteiger partial charge in [0.15, 0.2) is 10.9 Å². The number of hydrogen-bond acceptors (Lipinski definition) is 4. The normalized spacial score (nSPS) is 14.0. The van der Waals surface area contributed by atoms with E-state index in [2.05, 4.69) is 21.2 Å². The Kier molecular flexibility index (Phi) is 6.58. The number of fused-ring (bicyclic) bond motifs is 1. The number of nitrogens with zero attached hydrogens (tertiary/aromatic N) is 1. The highest BCUT2D eigenvalue weighted by Gasteiger charge is 2.28. The summed E-state index contributed by atoms with van der Waals surface area (Å²) in [6.45, 7) is 3.79. The van der Waals surface area contributed by atoms with Gasteiger partial charge < -0.3 is 15.1 Å². The highest BCUT2D eigenvalue weighted by atomic mass is 35.5. The Bertz CT molecular complexity index is 1200. The topological polar surface area (TPSA) is 78.7 Å². The van der Waals surface area contributed by atoms with Gasteiger partial charge in [-0.1, -0.05) is 35.9 Å². The molecule has 1 heterocycles. The molecule has 0 saturated carbocycles. The van der Waals surface area contributed by atoms with Crippen LogP contribution < -0.4 is 16.1 Å². The smallest absolute Gasteiger partial charge is 0.291 e. The number of para-hydroxylation sites is 1. The van der Waals surface area contributed by atoms with Gasteiger partial charge in [-0.25, -0.2) is 0 Å². The molecule has 1 aromatic heterocycles. The zero-order valence-corrected chi connectivity index (χ0v) is 19.4. The van der Waals surface area contributed by atoms with Gasteiger partial charge in [-0.15, -0.1) is 0 Å². The van der Waals surface area contributed by atoms with Gasteiger partial charge in [-0.2, -0.15) is 5.10 Å². The Morgan fingerprint density at radius 1 is 1.09 bits per heavy atom. The standard InChI is InChI=1S/C24H23ClN4O2S/c1-14-11-12-16(25)13-19(14)27-23(30)22-15(2)21-18(9-6-10-20(21)31-22)28-29-24(32)26-17-7-4-3-5-8-17/h3-5,7-8,11-13H,6,9-10H2,1-2H3,(H,27,30)(H2,26,29,32)/b28-18+. The molecule has 1 aliphatic rings. The fourth-order valence-corrected chi connectivity index (χ4v) is 4.04. The van der Waals surface area contributed by atoms with Crippen LogP contribution in [-0.4, -0.2) is 16.7 Å². The predicted octanol–water partition coefficient (Wildman–Crippen LogP) is 5.83. The van der Waals surface area contributed by atoms with Crippen molar-refractivity contribution in [1.82, 2.24) is 5.43 Å². The Labute approximate surface area is 197 Å². The minimum absolute atomic E-state index is 0.286. The molecule has 0 atom stereocenters. The number of carbonyl (C=O) groups is 1. The first-order valence-electron chi connectivity index (χ1n) is 10.3. The van der Waals surface area contributed by atoms with E-state index in [4.69, 9.17) is 28.2 Å². The van der Waals surface area contributed by atoms with E-state index in [1.165, 1.54) is 0 Å². The van der Waals surface area contributed by atoms with Gasteiger partial charge in [0.1, 0.15) is 5.76 Å². The molecule has 0 spiro atoms. The van der Waals surface area contributed by atoms with E-state index < -0.39 is 0 Å². The predicted molar refractivity (Wildman–Crippen MR) is 133 cm³/mol. The van der Waals surface area contributed by atoms with Crippen LogP contribution in [0.3, 0.4) is 0 Å². The average Bonchev–Trinajstić information content (AvgIpc) is 3.13. The Morgan fingerprint density at radius 2 is 1.88 bits per heavy atom. The number of thiocarbonyl (C=S) groups is 1. The van der Waals surface area contributed by atoms with E-state index in [1.807, 2.05) is 50.2 Å². The van der Waals surface area contributed by atoms with E-state index >= 15 is 0 Å². The molecule has 0 saturated heterocycles. The van der Waals surface area contributed by atoms with E-state index in [-0.39, 0.29) is 11.7 Å². The lowest BCUT2D eigenvalue weighted by Gasteiger charge is -2.14. The second-order valence-corrected chi connectivity index (χ2v) is 8.46. The van der Waals surface area contributed by atoms with Crippen molar-refractivity contribution in [2.75, 3.05) is 10.6 Å². The molecule has 6 nitrogen and oxygen atoms in total. The van der Waals surface area contributed by atoms with Gasteiger partial charge in [-0.05, 0) is 68.7 Å². The van der Waals surface area contributed by atoms with E-state index in [0.717, 1.165) is 53.1 Å². The highest BCUT2D eigenvalue weighted by molar-refractivity contribution is 7.80. The third kappa shape index (κ3) is 4.84. The molecule has 3 aromatic rings. The fourth-order valence-electron chi connectivity index (χ4n) is 3.70. The number of anilines is 2. The molecule has 1 amide bonds.